The zero-order valence-corrected chi connectivity index (χ0v) is 10.8. The van der Waals surface area contributed by atoms with Gasteiger partial charge in [-0.1, -0.05) is 6.07 Å². The second-order valence-corrected chi connectivity index (χ2v) is 5.02. The molecule has 1 fully saturated rings. The molecule has 2 rings (SSSR count). The van der Waals surface area contributed by atoms with Gasteiger partial charge in [0.05, 0.1) is 0 Å². The summed E-state index contributed by atoms with van der Waals surface area (Å²) < 4.78 is 13.5. The molecule has 0 heterocycles. The van der Waals surface area contributed by atoms with Gasteiger partial charge in [-0.25, -0.2) is 4.39 Å². The largest absolute Gasteiger partial charge is 0.337 e. The van der Waals surface area contributed by atoms with E-state index in [-0.39, 0.29) is 17.8 Å². The molecule has 1 amide bonds. The predicted octanol–water partition coefficient (Wildman–Crippen LogP) is 1.94. The first kappa shape index (κ1) is 13.0. The molecule has 1 unspecified atom stereocenters. The molecule has 4 heteroatoms. The fourth-order valence-electron chi connectivity index (χ4n) is 2.23. The zero-order chi connectivity index (χ0) is 13.3. The number of nitrogens with zero attached hydrogens (tertiary/aromatic N) is 1. The van der Waals surface area contributed by atoms with Crippen molar-refractivity contribution in [3.05, 3.63) is 35.1 Å². The highest BCUT2D eigenvalue weighted by molar-refractivity contribution is 5.94. The predicted molar refractivity (Wildman–Crippen MR) is 68.8 cm³/mol. The molecule has 18 heavy (non-hydrogen) atoms. The first-order valence-corrected chi connectivity index (χ1v) is 6.28. The van der Waals surface area contributed by atoms with Crippen LogP contribution in [0.3, 0.4) is 0 Å². The van der Waals surface area contributed by atoms with E-state index >= 15 is 0 Å². The summed E-state index contributed by atoms with van der Waals surface area (Å²) in [5.74, 6) is 0.0143. The molecule has 1 aliphatic rings. The minimum absolute atomic E-state index is 0.0712. The number of aryl methyl sites for hydroxylation is 1. The molecule has 0 bridgehead atoms. The fraction of sp³-hybridized carbons (Fsp3) is 0.500. The Morgan fingerprint density at radius 1 is 1.56 bits per heavy atom. The smallest absolute Gasteiger partial charge is 0.254 e. The van der Waals surface area contributed by atoms with Crippen molar-refractivity contribution in [2.24, 2.45) is 11.7 Å². The van der Waals surface area contributed by atoms with E-state index in [4.69, 9.17) is 5.73 Å². The Morgan fingerprint density at radius 2 is 2.22 bits per heavy atom. The van der Waals surface area contributed by atoms with E-state index < -0.39 is 0 Å². The maximum absolute atomic E-state index is 13.5. The summed E-state index contributed by atoms with van der Waals surface area (Å²) in [5.41, 5.74) is 6.65. The lowest BCUT2D eigenvalue weighted by atomic mass is 10.1. The Morgan fingerprint density at radius 3 is 2.72 bits per heavy atom. The van der Waals surface area contributed by atoms with Gasteiger partial charge in [-0.05, 0) is 43.4 Å². The maximum Gasteiger partial charge on any atom is 0.254 e. The van der Waals surface area contributed by atoms with Gasteiger partial charge in [-0.3, -0.25) is 4.79 Å². The number of hydrogen-bond acceptors (Lipinski definition) is 2. The highest BCUT2D eigenvalue weighted by atomic mass is 19.1. The van der Waals surface area contributed by atoms with E-state index in [1.165, 1.54) is 6.07 Å². The molecule has 98 valence electrons. The van der Waals surface area contributed by atoms with Crippen molar-refractivity contribution in [1.29, 1.82) is 0 Å². The molecule has 1 saturated carbocycles. The van der Waals surface area contributed by atoms with E-state index in [0.717, 1.165) is 12.8 Å². The molecule has 1 aromatic carbocycles. The summed E-state index contributed by atoms with van der Waals surface area (Å²) in [6.07, 6.45) is 2.25. The molecule has 2 N–H and O–H groups in total. The molecule has 3 nitrogen and oxygen atoms in total. The van der Waals surface area contributed by atoms with Crippen LogP contribution in [0.1, 0.15) is 28.8 Å². The second kappa shape index (κ2) is 5.06. The summed E-state index contributed by atoms with van der Waals surface area (Å²) in [7, 11) is 1.75. The van der Waals surface area contributed by atoms with Gasteiger partial charge in [-0.15, -0.1) is 0 Å². The van der Waals surface area contributed by atoms with Crippen molar-refractivity contribution in [2.45, 2.75) is 25.8 Å². The summed E-state index contributed by atoms with van der Waals surface area (Å²) >= 11 is 0. The van der Waals surface area contributed by atoms with Gasteiger partial charge in [0, 0.05) is 25.2 Å². The van der Waals surface area contributed by atoms with Gasteiger partial charge in [0.25, 0.3) is 5.91 Å². The Balaban J connectivity index is 2.16. The minimum atomic E-state index is -0.343. The van der Waals surface area contributed by atoms with E-state index in [1.54, 1.807) is 31.0 Å². The SMILES string of the molecule is Cc1ccc(C(=O)N(C)C(CN)C2CC2)cc1F. The normalized spacial score (nSPS) is 16.4. The van der Waals surface area contributed by atoms with Gasteiger partial charge in [-0.2, -0.15) is 0 Å². The highest BCUT2D eigenvalue weighted by Gasteiger charge is 2.35. The van der Waals surface area contributed by atoms with Gasteiger partial charge in [0.2, 0.25) is 0 Å². The van der Waals surface area contributed by atoms with Gasteiger partial charge in [0.15, 0.2) is 0 Å². The van der Waals surface area contributed by atoms with Crippen LogP contribution in [0.15, 0.2) is 18.2 Å². The van der Waals surface area contributed by atoms with Crippen LogP contribution in [-0.4, -0.2) is 30.4 Å². The van der Waals surface area contributed by atoms with Crippen LogP contribution in [0.25, 0.3) is 0 Å². The van der Waals surface area contributed by atoms with Crippen LogP contribution in [0.2, 0.25) is 0 Å². The molecular formula is C14H19FN2O. The maximum atomic E-state index is 13.5. The number of carbonyl (C=O) groups is 1. The van der Waals surface area contributed by atoms with Gasteiger partial charge < -0.3 is 10.6 Å². The van der Waals surface area contributed by atoms with Crippen molar-refractivity contribution >= 4 is 5.91 Å². The quantitative estimate of drug-likeness (QED) is 0.887. The van der Waals surface area contributed by atoms with Gasteiger partial charge in [0.1, 0.15) is 5.82 Å². The molecule has 1 aromatic rings. The number of likely N-dealkylation sites (N-methyl/N-ethyl adjacent to an activating group) is 1. The summed E-state index contributed by atoms with van der Waals surface area (Å²) in [5, 5.41) is 0. The molecule has 0 spiro atoms. The number of hydrogen-bond donors (Lipinski definition) is 1. The minimum Gasteiger partial charge on any atom is -0.337 e. The standard InChI is InChI=1S/C14H19FN2O/c1-9-3-4-11(7-12(9)15)14(18)17(2)13(8-16)10-5-6-10/h3-4,7,10,13H,5-6,8,16H2,1-2H3. The van der Waals surface area contributed by atoms with Crippen molar-refractivity contribution < 1.29 is 9.18 Å². The van der Waals surface area contributed by atoms with Gasteiger partial charge >= 0.3 is 0 Å². The molecule has 0 radical (unpaired) electrons. The monoisotopic (exact) mass is 250 g/mol. The zero-order valence-electron chi connectivity index (χ0n) is 10.8. The van der Waals surface area contributed by atoms with Crippen molar-refractivity contribution in [3.63, 3.8) is 0 Å². The van der Waals surface area contributed by atoms with Crippen LogP contribution in [0.5, 0.6) is 0 Å². The lowest BCUT2D eigenvalue weighted by Gasteiger charge is -2.27. The third kappa shape index (κ3) is 2.53. The third-order valence-electron chi connectivity index (χ3n) is 3.64. The average Bonchev–Trinajstić information content (AvgIpc) is 3.17. The number of carbonyl (C=O) groups excluding carboxylic acids is 1. The number of halogens is 1. The van der Waals surface area contributed by atoms with Crippen LogP contribution in [-0.2, 0) is 0 Å². The van der Waals surface area contributed by atoms with E-state index in [0.29, 0.717) is 23.6 Å². The fourth-order valence-corrected chi connectivity index (χ4v) is 2.23. The molecule has 0 saturated heterocycles. The first-order valence-electron chi connectivity index (χ1n) is 6.28. The number of rotatable bonds is 4. The molecular weight excluding hydrogens is 231 g/mol. The van der Waals surface area contributed by atoms with Crippen LogP contribution in [0, 0.1) is 18.7 Å². The average molecular weight is 250 g/mol. The lowest BCUT2D eigenvalue weighted by molar-refractivity contribution is 0.0718. The van der Waals surface area contributed by atoms with E-state index in [1.807, 2.05) is 0 Å². The van der Waals surface area contributed by atoms with Crippen molar-refractivity contribution in [1.82, 2.24) is 4.90 Å². The number of nitrogens with two attached hydrogens (primary N) is 1. The van der Waals surface area contributed by atoms with Crippen molar-refractivity contribution in [3.8, 4) is 0 Å². The molecule has 1 atom stereocenters. The summed E-state index contributed by atoms with van der Waals surface area (Å²) in [6.45, 7) is 2.14. The topological polar surface area (TPSA) is 46.3 Å². The lowest BCUT2D eigenvalue weighted by Crippen LogP contribution is -2.43. The Labute approximate surface area is 107 Å². The summed E-state index contributed by atoms with van der Waals surface area (Å²) in [6, 6.07) is 4.67. The number of benzene rings is 1. The molecule has 1 aliphatic carbocycles. The molecule has 0 aromatic heterocycles. The van der Waals surface area contributed by atoms with Crippen molar-refractivity contribution in [2.75, 3.05) is 13.6 Å². The first-order chi connectivity index (χ1) is 8.54. The third-order valence-corrected chi connectivity index (χ3v) is 3.64. The molecule has 0 aliphatic heterocycles. The van der Waals surface area contributed by atoms with Crippen LogP contribution in [0.4, 0.5) is 4.39 Å². The van der Waals surface area contributed by atoms with E-state index in [9.17, 15) is 9.18 Å². The Kier molecular flexibility index (Phi) is 3.66. The highest BCUT2D eigenvalue weighted by Crippen LogP contribution is 2.34. The Hall–Kier alpha value is -1.42. The van der Waals surface area contributed by atoms with Crippen LogP contribution >= 0.6 is 0 Å². The van der Waals surface area contributed by atoms with Crippen LogP contribution < -0.4 is 5.73 Å². The summed E-state index contributed by atoms with van der Waals surface area (Å²) in [4.78, 5) is 13.9. The Bertz CT molecular complexity index is 457. The second-order valence-electron chi connectivity index (χ2n) is 5.02. The number of amides is 1. The van der Waals surface area contributed by atoms with E-state index in [2.05, 4.69) is 0 Å².